The fourth-order valence-corrected chi connectivity index (χ4v) is 4.16. The molecular formula is C18H13ClF2N4O3S. The molecule has 3 aromatic rings. The van der Waals surface area contributed by atoms with Gasteiger partial charge in [-0.15, -0.1) is 0 Å². The minimum absolute atomic E-state index is 0.0148. The van der Waals surface area contributed by atoms with Crippen molar-refractivity contribution in [2.75, 3.05) is 17.8 Å². The number of rotatable bonds is 4. The van der Waals surface area contributed by atoms with Gasteiger partial charge in [-0.2, -0.15) is 0 Å². The normalized spacial score (nSPS) is 15.8. The highest BCUT2D eigenvalue weighted by atomic mass is 35.5. The molecule has 1 N–H and O–H groups in total. The molecule has 1 saturated heterocycles. The highest BCUT2D eigenvalue weighted by Gasteiger charge is 2.46. The molecule has 0 radical (unpaired) electrons. The molecule has 4 rings (SSSR count). The van der Waals surface area contributed by atoms with Crippen molar-refractivity contribution in [1.29, 1.82) is 0 Å². The molecule has 2 aromatic carbocycles. The second kappa shape index (κ2) is 6.89. The van der Waals surface area contributed by atoms with Crippen molar-refractivity contribution in [2.45, 2.75) is 10.8 Å². The number of amides is 1. The van der Waals surface area contributed by atoms with Gasteiger partial charge in [0.05, 0.1) is 29.0 Å². The van der Waals surface area contributed by atoms with E-state index in [9.17, 15) is 22.0 Å². The fourth-order valence-electron chi connectivity index (χ4n) is 2.86. The van der Waals surface area contributed by atoms with Crippen molar-refractivity contribution in [3.8, 4) is 0 Å². The third-order valence-corrected chi connectivity index (χ3v) is 5.88. The topological polar surface area (TPSA) is 92.3 Å². The Hall–Kier alpha value is -2.85. The summed E-state index contributed by atoms with van der Waals surface area (Å²) in [5.41, 5.74) is 0.927. The molecular weight excluding hydrogens is 426 g/mol. The first kappa shape index (κ1) is 19.5. The first-order valence-corrected chi connectivity index (χ1v) is 10.2. The maximum atomic E-state index is 13.0. The molecule has 2 heterocycles. The summed E-state index contributed by atoms with van der Waals surface area (Å²) >= 11 is 6.04. The summed E-state index contributed by atoms with van der Waals surface area (Å²) in [4.78, 5) is 21.3. The lowest BCUT2D eigenvalue weighted by Crippen LogP contribution is -2.58. The number of fused-ring (bicyclic) bond motifs is 1. The molecule has 0 saturated carbocycles. The Morgan fingerprint density at radius 3 is 2.38 bits per heavy atom. The number of halogens is 3. The van der Waals surface area contributed by atoms with Gasteiger partial charge >= 0.3 is 0 Å². The molecule has 7 nitrogen and oxygen atoms in total. The zero-order valence-corrected chi connectivity index (χ0v) is 16.2. The van der Waals surface area contributed by atoms with Crippen LogP contribution in [0.25, 0.3) is 11.0 Å². The van der Waals surface area contributed by atoms with Crippen LogP contribution in [0.5, 0.6) is 0 Å². The molecule has 150 valence electrons. The maximum absolute atomic E-state index is 13.0. The first-order valence-electron chi connectivity index (χ1n) is 8.37. The molecule has 0 spiro atoms. The number of para-hydroxylation sites is 2. The molecule has 1 aliphatic heterocycles. The lowest BCUT2D eigenvalue weighted by atomic mass is 10.1. The quantitative estimate of drug-likeness (QED) is 0.675. The Morgan fingerprint density at radius 2 is 1.72 bits per heavy atom. The van der Waals surface area contributed by atoms with Crippen LogP contribution < -0.4 is 4.72 Å². The van der Waals surface area contributed by atoms with E-state index in [0.717, 1.165) is 11.0 Å². The number of carbonyl (C=O) groups is 1. The molecule has 1 aromatic heterocycles. The molecule has 0 unspecified atom stereocenters. The minimum atomic E-state index is -4.15. The van der Waals surface area contributed by atoms with E-state index in [1.54, 1.807) is 24.3 Å². The monoisotopic (exact) mass is 438 g/mol. The average Bonchev–Trinajstić information content (AvgIpc) is 2.66. The van der Waals surface area contributed by atoms with Crippen LogP contribution in [0.2, 0.25) is 5.15 Å². The van der Waals surface area contributed by atoms with Crippen LogP contribution in [0.1, 0.15) is 10.4 Å². The van der Waals surface area contributed by atoms with Crippen LogP contribution in [0.3, 0.4) is 0 Å². The predicted octanol–water partition coefficient (Wildman–Crippen LogP) is 3.18. The van der Waals surface area contributed by atoms with E-state index < -0.39 is 34.9 Å². The molecule has 0 bridgehead atoms. The summed E-state index contributed by atoms with van der Waals surface area (Å²) in [5.74, 6) is -3.74. The average molecular weight is 439 g/mol. The Balaban J connectivity index is 1.61. The molecule has 1 amide bonds. The van der Waals surface area contributed by atoms with Crippen molar-refractivity contribution in [3.63, 3.8) is 0 Å². The van der Waals surface area contributed by atoms with Crippen molar-refractivity contribution < 1.29 is 22.0 Å². The van der Waals surface area contributed by atoms with E-state index in [2.05, 4.69) is 14.7 Å². The number of nitrogens with one attached hydrogen (secondary N) is 1. The Morgan fingerprint density at radius 1 is 1.07 bits per heavy atom. The van der Waals surface area contributed by atoms with E-state index in [0.29, 0.717) is 11.0 Å². The summed E-state index contributed by atoms with van der Waals surface area (Å²) < 4.78 is 53.7. The summed E-state index contributed by atoms with van der Waals surface area (Å²) in [6.45, 7) is -1.38. The molecule has 0 aliphatic carbocycles. The molecule has 1 aliphatic rings. The van der Waals surface area contributed by atoms with Crippen LogP contribution in [-0.4, -0.2) is 48.2 Å². The van der Waals surface area contributed by atoms with Crippen molar-refractivity contribution in [2.24, 2.45) is 0 Å². The van der Waals surface area contributed by atoms with Gasteiger partial charge in [-0.25, -0.2) is 27.2 Å². The van der Waals surface area contributed by atoms with Crippen LogP contribution in [-0.2, 0) is 10.0 Å². The van der Waals surface area contributed by atoms with Crippen molar-refractivity contribution in [1.82, 2.24) is 14.9 Å². The lowest BCUT2D eigenvalue weighted by Gasteiger charge is -2.38. The summed E-state index contributed by atoms with van der Waals surface area (Å²) in [6, 6.07) is 11.9. The number of carbonyl (C=O) groups excluding carboxylic acids is 1. The fraction of sp³-hybridized carbons (Fsp3) is 0.167. The first-order chi connectivity index (χ1) is 13.6. The number of sulfonamides is 1. The van der Waals surface area contributed by atoms with Gasteiger partial charge in [-0.1, -0.05) is 29.8 Å². The summed E-state index contributed by atoms with van der Waals surface area (Å²) in [7, 11) is -4.15. The van der Waals surface area contributed by atoms with Gasteiger partial charge in [-0.05, 0) is 30.3 Å². The van der Waals surface area contributed by atoms with Crippen molar-refractivity contribution in [3.05, 3.63) is 59.2 Å². The number of nitrogens with zero attached hydrogens (tertiary/aromatic N) is 3. The van der Waals surface area contributed by atoms with E-state index >= 15 is 0 Å². The third kappa shape index (κ3) is 3.85. The van der Waals surface area contributed by atoms with Gasteiger partial charge in [0.25, 0.3) is 21.9 Å². The van der Waals surface area contributed by atoms with Crippen LogP contribution in [0, 0.1) is 0 Å². The summed E-state index contributed by atoms with van der Waals surface area (Å²) in [5, 5.41) is -0.137. The standard InChI is InChI=1S/C18H13ClF2N4O3S/c19-15-16(23-14-7-2-1-6-13(14)22-15)24-29(27,28)12-5-3-4-11(8-12)17(26)25-9-18(20,21)10-25/h1-8H,9-10H2,(H,23,24). The van der Waals surface area contributed by atoms with Gasteiger partial charge in [0, 0.05) is 5.56 Å². The Labute approximate surface area is 169 Å². The van der Waals surface area contributed by atoms with E-state index in [-0.39, 0.29) is 21.4 Å². The second-order valence-electron chi connectivity index (χ2n) is 6.50. The van der Waals surface area contributed by atoms with Crippen molar-refractivity contribution >= 4 is 44.4 Å². The van der Waals surface area contributed by atoms with E-state index in [1.165, 1.54) is 18.2 Å². The van der Waals surface area contributed by atoms with Crippen LogP contribution in [0.4, 0.5) is 14.6 Å². The summed E-state index contributed by atoms with van der Waals surface area (Å²) in [6.07, 6.45) is 0. The minimum Gasteiger partial charge on any atom is -0.326 e. The zero-order chi connectivity index (χ0) is 20.8. The molecule has 1 fully saturated rings. The van der Waals surface area contributed by atoms with Crippen LogP contribution in [0.15, 0.2) is 53.4 Å². The number of alkyl halides is 2. The number of benzene rings is 2. The van der Waals surface area contributed by atoms with Gasteiger partial charge < -0.3 is 4.90 Å². The number of aromatic nitrogens is 2. The molecule has 11 heteroatoms. The highest BCUT2D eigenvalue weighted by molar-refractivity contribution is 7.92. The van der Waals surface area contributed by atoms with Gasteiger partial charge in [-0.3, -0.25) is 9.52 Å². The number of hydrogen-bond acceptors (Lipinski definition) is 5. The number of hydrogen-bond donors (Lipinski definition) is 1. The number of anilines is 1. The smallest absolute Gasteiger partial charge is 0.282 e. The Kier molecular flexibility index (Phi) is 4.62. The van der Waals surface area contributed by atoms with E-state index in [4.69, 9.17) is 11.6 Å². The second-order valence-corrected chi connectivity index (χ2v) is 8.54. The van der Waals surface area contributed by atoms with Gasteiger partial charge in [0.1, 0.15) is 0 Å². The SMILES string of the molecule is O=C(c1cccc(S(=O)(=O)Nc2nc3ccccc3nc2Cl)c1)N1CC(F)(F)C1. The largest absolute Gasteiger partial charge is 0.326 e. The lowest BCUT2D eigenvalue weighted by molar-refractivity contribution is -0.113. The third-order valence-electron chi connectivity index (χ3n) is 4.28. The maximum Gasteiger partial charge on any atom is 0.282 e. The van der Waals surface area contributed by atoms with Gasteiger partial charge in [0.15, 0.2) is 11.0 Å². The number of likely N-dealkylation sites (tertiary alicyclic amines) is 1. The zero-order valence-electron chi connectivity index (χ0n) is 14.6. The highest BCUT2D eigenvalue weighted by Crippen LogP contribution is 2.29. The molecule has 0 atom stereocenters. The predicted molar refractivity (Wildman–Crippen MR) is 103 cm³/mol. The molecule has 29 heavy (non-hydrogen) atoms. The van der Waals surface area contributed by atoms with E-state index in [1.807, 2.05) is 0 Å². The van der Waals surface area contributed by atoms with Crippen LogP contribution >= 0.6 is 11.6 Å². The Bertz CT molecular complexity index is 1230. The van der Waals surface area contributed by atoms with Gasteiger partial charge in [0.2, 0.25) is 0 Å².